The molecule has 0 saturated heterocycles. The first kappa shape index (κ1) is 13.4. The fourth-order valence-corrected chi connectivity index (χ4v) is 3.01. The highest BCUT2D eigenvalue weighted by Gasteiger charge is 2.26. The first-order valence-electron chi connectivity index (χ1n) is 7.02. The Kier molecular flexibility index (Phi) is 4.28. The van der Waals surface area contributed by atoms with Crippen molar-refractivity contribution >= 4 is 0 Å². The summed E-state index contributed by atoms with van der Waals surface area (Å²) in [5.74, 6) is 2.41. The SMILES string of the molecule is COc1ccc(C)cc1C(N)C1CCC(C)CC1. The van der Waals surface area contributed by atoms with Crippen LogP contribution in [0.25, 0.3) is 0 Å². The second kappa shape index (κ2) is 5.75. The Bertz CT molecular complexity index is 394. The largest absolute Gasteiger partial charge is 0.496 e. The highest BCUT2D eigenvalue weighted by atomic mass is 16.5. The lowest BCUT2D eigenvalue weighted by Crippen LogP contribution is -2.26. The number of benzene rings is 1. The number of methoxy groups -OCH3 is 1. The molecule has 0 bridgehead atoms. The maximum Gasteiger partial charge on any atom is 0.123 e. The zero-order valence-electron chi connectivity index (χ0n) is 11.8. The number of hydrogen-bond donors (Lipinski definition) is 1. The standard InChI is InChI=1S/C16H25NO/c1-11-4-7-13(8-5-11)16(17)14-10-12(2)6-9-15(14)18-3/h6,9-11,13,16H,4-5,7-8,17H2,1-3H3. The number of nitrogens with two attached hydrogens (primary N) is 1. The number of aryl methyl sites for hydroxylation is 1. The van der Waals surface area contributed by atoms with E-state index in [0.29, 0.717) is 5.92 Å². The zero-order valence-corrected chi connectivity index (χ0v) is 11.8. The van der Waals surface area contributed by atoms with E-state index in [1.54, 1.807) is 7.11 Å². The fourth-order valence-electron chi connectivity index (χ4n) is 3.01. The van der Waals surface area contributed by atoms with E-state index < -0.39 is 0 Å². The Morgan fingerprint density at radius 2 is 1.89 bits per heavy atom. The van der Waals surface area contributed by atoms with Crippen molar-refractivity contribution in [1.82, 2.24) is 0 Å². The molecule has 2 rings (SSSR count). The van der Waals surface area contributed by atoms with Gasteiger partial charge in [0.15, 0.2) is 0 Å². The summed E-state index contributed by atoms with van der Waals surface area (Å²) in [4.78, 5) is 0. The van der Waals surface area contributed by atoms with Gasteiger partial charge in [-0.1, -0.05) is 37.5 Å². The summed E-state index contributed by atoms with van der Waals surface area (Å²) in [5, 5.41) is 0. The second-order valence-corrected chi connectivity index (χ2v) is 5.79. The van der Waals surface area contributed by atoms with Crippen molar-refractivity contribution in [3.63, 3.8) is 0 Å². The minimum Gasteiger partial charge on any atom is -0.496 e. The van der Waals surface area contributed by atoms with Crippen LogP contribution in [-0.4, -0.2) is 7.11 Å². The second-order valence-electron chi connectivity index (χ2n) is 5.79. The van der Waals surface area contributed by atoms with Crippen molar-refractivity contribution in [2.45, 2.75) is 45.6 Å². The molecule has 100 valence electrons. The Hall–Kier alpha value is -1.02. The van der Waals surface area contributed by atoms with E-state index in [4.69, 9.17) is 10.5 Å². The Morgan fingerprint density at radius 1 is 1.22 bits per heavy atom. The zero-order chi connectivity index (χ0) is 13.1. The molecule has 1 aliphatic rings. The van der Waals surface area contributed by atoms with Crippen LogP contribution in [0.15, 0.2) is 18.2 Å². The van der Waals surface area contributed by atoms with E-state index >= 15 is 0 Å². The van der Waals surface area contributed by atoms with E-state index in [1.807, 2.05) is 6.07 Å². The van der Waals surface area contributed by atoms with E-state index in [2.05, 4.69) is 26.0 Å². The molecule has 0 heterocycles. The van der Waals surface area contributed by atoms with Crippen molar-refractivity contribution in [2.24, 2.45) is 17.6 Å². The average Bonchev–Trinajstić information content (AvgIpc) is 2.39. The predicted octanol–water partition coefficient (Wildman–Crippen LogP) is 3.83. The average molecular weight is 247 g/mol. The van der Waals surface area contributed by atoms with Crippen LogP contribution in [0.1, 0.15) is 49.8 Å². The molecule has 0 radical (unpaired) electrons. The number of hydrogen-bond acceptors (Lipinski definition) is 2. The van der Waals surface area contributed by atoms with E-state index in [0.717, 1.165) is 11.7 Å². The van der Waals surface area contributed by atoms with Gasteiger partial charge in [-0.2, -0.15) is 0 Å². The summed E-state index contributed by atoms with van der Waals surface area (Å²) < 4.78 is 5.45. The smallest absolute Gasteiger partial charge is 0.123 e. The maximum atomic E-state index is 6.48. The van der Waals surface area contributed by atoms with Gasteiger partial charge in [0.2, 0.25) is 0 Å². The lowest BCUT2D eigenvalue weighted by atomic mass is 9.77. The first-order valence-corrected chi connectivity index (χ1v) is 7.02. The first-order chi connectivity index (χ1) is 8.61. The lowest BCUT2D eigenvalue weighted by Gasteiger charge is -2.31. The summed E-state index contributed by atoms with van der Waals surface area (Å²) in [6, 6.07) is 6.42. The van der Waals surface area contributed by atoms with Crippen LogP contribution in [-0.2, 0) is 0 Å². The molecule has 1 aromatic rings. The van der Waals surface area contributed by atoms with Gasteiger partial charge in [0.25, 0.3) is 0 Å². The topological polar surface area (TPSA) is 35.2 Å². The van der Waals surface area contributed by atoms with E-state index in [1.165, 1.54) is 36.8 Å². The molecular formula is C16H25NO. The van der Waals surface area contributed by atoms with Gasteiger partial charge in [-0.3, -0.25) is 0 Å². The lowest BCUT2D eigenvalue weighted by molar-refractivity contribution is 0.253. The molecule has 1 aromatic carbocycles. The van der Waals surface area contributed by atoms with Crippen molar-refractivity contribution in [3.05, 3.63) is 29.3 Å². The molecule has 0 aromatic heterocycles. The third-order valence-electron chi connectivity index (χ3n) is 4.31. The van der Waals surface area contributed by atoms with Gasteiger partial charge in [-0.05, 0) is 37.7 Å². The van der Waals surface area contributed by atoms with Gasteiger partial charge in [0, 0.05) is 11.6 Å². The minimum atomic E-state index is 0.118. The van der Waals surface area contributed by atoms with Gasteiger partial charge in [-0.25, -0.2) is 0 Å². The van der Waals surface area contributed by atoms with Crippen LogP contribution in [0.4, 0.5) is 0 Å². The van der Waals surface area contributed by atoms with Crippen molar-refractivity contribution in [3.8, 4) is 5.75 Å². The summed E-state index contributed by atoms with van der Waals surface area (Å²) >= 11 is 0. The molecule has 1 atom stereocenters. The van der Waals surface area contributed by atoms with Crippen LogP contribution in [0.3, 0.4) is 0 Å². The maximum absolute atomic E-state index is 6.48. The third kappa shape index (κ3) is 2.86. The van der Waals surface area contributed by atoms with Gasteiger partial charge >= 0.3 is 0 Å². The molecule has 0 spiro atoms. The molecule has 18 heavy (non-hydrogen) atoms. The van der Waals surface area contributed by atoms with Gasteiger partial charge in [0.05, 0.1) is 7.11 Å². The summed E-state index contributed by atoms with van der Waals surface area (Å²) in [7, 11) is 1.73. The van der Waals surface area contributed by atoms with E-state index in [9.17, 15) is 0 Å². The fraction of sp³-hybridized carbons (Fsp3) is 0.625. The Balaban J connectivity index is 2.17. The molecule has 0 amide bonds. The monoisotopic (exact) mass is 247 g/mol. The summed E-state index contributed by atoms with van der Waals surface area (Å²) in [6.07, 6.45) is 5.12. The van der Waals surface area contributed by atoms with Crippen LogP contribution < -0.4 is 10.5 Å². The van der Waals surface area contributed by atoms with Crippen molar-refractivity contribution in [1.29, 1.82) is 0 Å². The molecule has 1 unspecified atom stereocenters. The van der Waals surface area contributed by atoms with E-state index in [-0.39, 0.29) is 6.04 Å². The Morgan fingerprint density at radius 3 is 2.50 bits per heavy atom. The summed E-state index contributed by atoms with van der Waals surface area (Å²) in [5.41, 5.74) is 8.91. The van der Waals surface area contributed by atoms with Gasteiger partial charge < -0.3 is 10.5 Å². The predicted molar refractivity (Wildman–Crippen MR) is 75.8 cm³/mol. The summed E-state index contributed by atoms with van der Waals surface area (Å²) in [6.45, 7) is 4.45. The van der Waals surface area contributed by atoms with Crippen LogP contribution in [0.2, 0.25) is 0 Å². The minimum absolute atomic E-state index is 0.118. The third-order valence-corrected chi connectivity index (χ3v) is 4.31. The van der Waals surface area contributed by atoms with Crippen LogP contribution >= 0.6 is 0 Å². The molecule has 2 nitrogen and oxygen atoms in total. The molecule has 1 aliphatic carbocycles. The van der Waals surface area contributed by atoms with Gasteiger partial charge in [-0.15, -0.1) is 0 Å². The number of ether oxygens (including phenoxy) is 1. The highest BCUT2D eigenvalue weighted by Crippen LogP contribution is 2.38. The van der Waals surface area contributed by atoms with Crippen LogP contribution in [0.5, 0.6) is 5.75 Å². The van der Waals surface area contributed by atoms with Crippen molar-refractivity contribution in [2.75, 3.05) is 7.11 Å². The molecule has 2 heteroatoms. The molecule has 1 saturated carbocycles. The Labute approximate surface area is 111 Å². The van der Waals surface area contributed by atoms with Gasteiger partial charge in [0.1, 0.15) is 5.75 Å². The quantitative estimate of drug-likeness (QED) is 0.881. The normalized spacial score (nSPS) is 25.8. The highest BCUT2D eigenvalue weighted by molar-refractivity contribution is 5.39. The van der Waals surface area contributed by atoms with Crippen LogP contribution in [0, 0.1) is 18.8 Å². The molecule has 1 fully saturated rings. The molecule has 0 aliphatic heterocycles. The van der Waals surface area contributed by atoms with Crippen molar-refractivity contribution < 1.29 is 4.74 Å². The molecule has 2 N–H and O–H groups in total. The number of rotatable bonds is 3. The molecular weight excluding hydrogens is 222 g/mol.